The van der Waals surface area contributed by atoms with Gasteiger partial charge >= 0.3 is 0 Å². The second-order valence-corrected chi connectivity index (χ2v) is 6.29. The summed E-state index contributed by atoms with van der Waals surface area (Å²) in [6.07, 6.45) is 0.579. The fourth-order valence-electron chi connectivity index (χ4n) is 2.28. The lowest BCUT2D eigenvalue weighted by molar-refractivity contribution is 0.216. The number of hydrogen-bond acceptors (Lipinski definition) is 2. The molecule has 0 bridgehead atoms. The lowest BCUT2D eigenvalue weighted by Gasteiger charge is -2.15. The van der Waals surface area contributed by atoms with Crippen LogP contribution >= 0.6 is 31.9 Å². The number of benzene rings is 2. The maximum Gasteiger partial charge on any atom is 0.143 e. The lowest BCUT2D eigenvalue weighted by Crippen LogP contribution is -2.04. The molecule has 0 aliphatic carbocycles. The molecule has 106 valence electrons. The van der Waals surface area contributed by atoms with Crippen molar-refractivity contribution in [2.24, 2.45) is 0 Å². The summed E-state index contributed by atoms with van der Waals surface area (Å²) in [7, 11) is 0. The Kier molecular flexibility index (Phi) is 4.06. The molecule has 21 heavy (non-hydrogen) atoms. The number of halogens is 3. The van der Waals surface area contributed by atoms with Crippen molar-refractivity contribution in [3.8, 4) is 0 Å². The molecule has 0 radical (unpaired) electrons. The number of aliphatic hydroxyl groups excluding tert-OH is 1. The molecule has 0 fully saturated rings. The summed E-state index contributed by atoms with van der Waals surface area (Å²) in [6, 6.07) is 12.2. The van der Waals surface area contributed by atoms with E-state index in [1.54, 1.807) is 30.5 Å². The van der Waals surface area contributed by atoms with Gasteiger partial charge in [-0.15, -0.1) is 0 Å². The third-order valence-corrected chi connectivity index (χ3v) is 4.62. The second kappa shape index (κ2) is 5.83. The number of aliphatic hydroxyl groups is 1. The molecule has 0 spiro atoms. The van der Waals surface area contributed by atoms with Crippen LogP contribution in [0.4, 0.5) is 4.39 Å². The number of fused-ring (bicyclic) bond motifs is 1. The molecule has 2 aromatic carbocycles. The maximum atomic E-state index is 14.2. The molecule has 3 rings (SSSR count). The monoisotopic (exact) mass is 409 g/mol. The molecule has 1 aromatic heterocycles. The van der Waals surface area contributed by atoms with Gasteiger partial charge in [-0.25, -0.2) is 4.39 Å². The number of nitrogens with zero attached hydrogens (tertiary/aromatic N) is 1. The Morgan fingerprint density at radius 2 is 1.76 bits per heavy atom. The van der Waals surface area contributed by atoms with Crippen LogP contribution in [0.25, 0.3) is 10.9 Å². The highest BCUT2D eigenvalue weighted by molar-refractivity contribution is 9.11. The molecule has 0 aliphatic heterocycles. The van der Waals surface area contributed by atoms with Gasteiger partial charge in [0.15, 0.2) is 0 Å². The summed E-state index contributed by atoms with van der Waals surface area (Å²) in [4.78, 5) is 4.32. The predicted octanol–water partition coefficient (Wildman–Crippen LogP) is 4.98. The first-order valence-corrected chi connectivity index (χ1v) is 7.83. The highest BCUT2D eigenvalue weighted by Crippen LogP contribution is 2.33. The summed E-state index contributed by atoms with van der Waals surface area (Å²) in [5.74, 6) is -0.461. The minimum atomic E-state index is -1.08. The first-order valence-electron chi connectivity index (χ1n) is 6.24. The quantitative estimate of drug-likeness (QED) is 0.646. The van der Waals surface area contributed by atoms with Gasteiger partial charge in [0.25, 0.3) is 0 Å². The Balaban J connectivity index is 2.21. The van der Waals surface area contributed by atoms with E-state index in [1.165, 1.54) is 0 Å². The number of aromatic nitrogens is 1. The summed E-state index contributed by atoms with van der Waals surface area (Å²) in [5.41, 5.74) is 1.45. The van der Waals surface area contributed by atoms with Gasteiger partial charge in [0.2, 0.25) is 0 Å². The van der Waals surface area contributed by atoms with Gasteiger partial charge in [-0.05, 0) is 34.1 Å². The van der Waals surface area contributed by atoms with Crippen molar-refractivity contribution in [1.29, 1.82) is 0 Å². The molecular weight excluding hydrogens is 401 g/mol. The predicted molar refractivity (Wildman–Crippen MR) is 87.6 cm³/mol. The van der Waals surface area contributed by atoms with Gasteiger partial charge in [-0.1, -0.05) is 40.2 Å². The Bertz CT molecular complexity index is 822. The van der Waals surface area contributed by atoms with Crippen LogP contribution in [0.15, 0.2) is 57.6 Å². The van der Waals surface area contributed by atoms with Crippen molar-refractivity contribution in [1.82, 2.24) is 4.98 Å². The smallest absolute Gasteiger partial charge is 0.143 e. The van der Waals surface area contributed by atoms with Crippen LogP contribution in [0.2, 0.25) is 0 Å². The lowest BCUT2D eigenvalue weighted by atomic mass is 9.98. The molecular formula is C16H10Br2FNO. The van der Waals surface area contributed by atoms with Crippen molar-refractivity contribution in [3.05, 3.63) is 74.6 Å². The van der Waals surface area contributed by atoms with E-state index in [2.05, 4.69) is 36.8 Å². The van der Waals surface area contributed by atoms with E-state index in [9.17, 15) is 9.50 Å². The van der Waals surface area contributed by atoms with Crippen LogP contribution in [-0.2, 0) is 0 Å². The minimum Gasteiger partial charge on any atom is -0.383 e. The van der Waals surface area contributed by atoms with Gasteiger partial charge in [-0.3, -0.25) is 4.98 Å². The SMILES string of the molecule is OC(c1cccc(Br)c1F)c1ccc(Br)c2cccnc12. The number of pyridine rings is 1. The van der Waals surface area contributed by atoms with Crippen LogP contribution in [0, 0.1) is 5.82 Å². The maximum absolute atomic E-state index is 14.2. The van der Waals surface area contributed by atoms with Crippen LogP contribution < -0.4 is 0 Å². The third-order valence-electron chi connectivity index (χ3n) is 3.32. The van der Waals surface area contributed by atoms with Crippen molar-refractivity contribution in [3.63, 3.8) is 0 Å². The van der Waals surface area contributed by atoms with E-state index in [0.29, 0.717) is 15.6 Å². The molecule has 0 aliphatic rings. The Labute approximate surface area is 137 Å². The van der Waals surface area contributed by atoms with Gasteiger partial charge in [0.1, 0.15) is 11.9 Å². The topological polar surface area (TPSA) is 33.1 Å². The van der Waals surface area contributed by atoms with Crippen LogP contribution in [0.1, 0.15) is 17.2 Å². The molecule has 1 heterocycles. The fourth-order valence-corrected chi connectivity index (χ4v) is 3.11. The zero-order valence-corrected chi connectivity index (χ0v) is 13.9. The molecule has 1 unspecified atom stereocenters. The van der Waals surface area contributed by atoms with Crippen LogP contribution in [-0.4, -0.2) is 10.1 Å². The van der Waals surface area contributed by atoms with Crippen molar-refractivity contribution in [2.75, 3.05) is 0 Å². The summed E-state index contributed by atoms with van der Waals surface area (Å²) in [6.45, 7) is 0. The van der Waals surface area contributed by atoms with E-state index < -0.39 is 11.9 Å². The number of rotatable bonds is 2. The number of hydrogen-bond donors (Lipinski definition) is 1. The van der Waals surface area contributed by atoms with Gasteiger partial charge in [0.05, 0.1) is 9.99 Å². The molecule has 0 saturated heterocycles. The minimum absolute atomic E-state index is 0.221. The molecule has 0 saturated carbocycles. The molecule has 1 atom stereocenters. The normalized spacial score (nSPS) is 12.6. The molecule has 2 nitrogen and oxygen atoms in total. The summed E-state index contributed by atoms with van der Waals surface area (Å²) >= 11 is 6.60. The third kappa shape index (κ3) is 2.61. The standard InChI is InChI=1S/C16H10Br2FNO/c17-12-7-6-11(15-9(12)4-2-8-20-15)16(21)10-3-1-5-13(18)14(10)19/h1-8,16,21H. The van der Waals surface area contributed by atoms with Crippen molar-refractivity contribution >= 4 is 42.8 Å². The van der Waals surface area contributed by atoms with Crippen LogP contribution in [0.5, 0.6) is 0 Å². The first-order chi connectivity index (χ1) is 10.1. The summed E-state index contributed by atoms with van der Waals surface area (Å²) in [5, 5.41) is 11.4. The van der Waals surface area contributed by atoms with E-state index in [1.807, 2.05) is 18.2 Å². The molecule has 1 N–H and O–H groups in total. The zero-order valence-electron chi connectivity index (χ0n) is 10.7. The van der Waals surface area contributed by atoms with Crippen molar-refractivity contribution < 1.29 is 9.50 Å². The molecule has 5 heteroatoms. The van der Waals surface area contributed by atoms with Crippen LogP contribution in [0.3, 0.4) is 0 Å². The fraction of sp³-hybridized carbons (Fsp3) is 0.0625. The van der Waals surface area contributed by atoms with Crippen molar-refractivity contribution in [2.45, 2.75) is 6.10 Å². The molecule has 3 aromatic rings. The average molecular weight is 411 g/mol. The Morgan fingerprint density at radius 3 is 2.57 bits per heavy atom. The Hall–Kier alpha value is -1.30. The first kappa shape index (κ1) is 14.6. The largest absolute Gasteiger partial charge is 0.383 e. The van der Waals surface area contributed by atoms with Gasteiger partial charge in [-0.2, -0.15) is 0 Å². The zero-order chi connectivity index (χ0) is 15.0. The van der Waals surface area contributed by atoms with E-state index >= 15 is 0 Å². The Morgan fingerprint density at radius 1 is 0.952 bits per heavy atom. The second-order valence-electron chi connectivity index (χ2n) is 4.58. The van der Waals surface area contributed by atoms with E-state index in [4.69, 9.17) is 0 Å². The van der Waals surface area contributed by atoms with E-state index in [0.717, 1.165) is 9.86 Å². The molecule has 0 amide bonds. The van der Waals surface area contributed by atoms with Gasteiger partial charge in [0, 0.05) is 27.2 Å². The summed E-state index contributed by atoms with van der Waals surface area (Å²) < 4.78 is 15.4. The van der Waals surface area contributed by atoms with E-state index in [-0.39, 0.29) is 5.56 Å². The van der Waals surface area contributed by atoms with Gasteiger partial charge < -0.3 is 5.11 Å². The highest BCUT2D eigenvalue weighted by atomic mass is 79.9. The highest BCUT2D eigenvalue weighted by Gasteiger charge is 2.19. The average Bonchev–Trinajstić information content (AvgIpc) is 2.50.